The maximum atomic E-state index is 13.7. The average molecular weight is 430 g/mol. The van der Waals surface area contributed by atoms with Crippen molar-refractivity contribution < 1.29 is 19.4 Å². The molecule has 4 rings (SSSR count). The van der Waals surface area contributed by atoms with Gasteiger partial charge in [-0.1, -0.05) is 91.0 Å². The molecule has 32 heavy (non-hydrogen) atoms. The molecular weight excluding hydrogens is 402 g/mol. The van der Waals surface area contributed by atoms with E-state index in [9.17, 15) is 14.7 Å². The molecule has 0 bridgehead atoms. The lowest BCUT2D eigenvalue weighted by Gasteiger charge is -2.39. The molecule has 1 N–H and O–H groups in total. The van der Waals surface area contributed by atoms with Gasteiger partial charge in [0.25, 0.3) is 0 Å². The van der Waals surface area contributed by atoms with Crippen LogP contribution in [0.5, 0.6) is 0 Å². The molecule has 0 aromatic heterocycles. The quantitative estimate of drug-likeness (QED) is 0.601. The first-order valence-corrected chi connectivity index (χ1v) is 10.9. The summed E-state index contributed by atoms with van der Waals surface area (Å²) >= 11 is 0. The van der Waals surface area contributed by atoms with Crippen LogP contribution in [0.4, 0.5) is 0 Å². The molecule has 164 valence electrons. The van der Waals surface area contributed by atoms with Gasteiger partial charge in [-0.2, -0.15) is 0 Å². The molecule has 3 aromatic rings. The summed E-state index contributed by atoms with van der Waals surface area (Å²) in [5.74, 6) is -1.72. The monoisotopic (exact) mass is 429 g/mol. The van der Waals surface area contributed by atoms with E-state index in [1.165, 1.54) is 4.90 Å². The SMILES string of the molecule is O=C(O)[C@@H]1CC(OCc2ccccc2)CCN1C(=O)C(c1ccccc1)c1ccccc1. The Kier molecular flexibility index (Phi) is 6.97. The number of rotatable bonds is 7. The molecule has 1 unspecified atom stereocenters. The van der Waals surface area contributed by atoms with Crippen LogP contribution in [0.2, 0.25) is 0 Å². The van der Waals surface area contributed by atoms with Gasteiger partial charge in [0.2, 0.25) is 5.91 Å². The Labute approximate surface area is 188 Å². The van der Waals surface area contributed by atoms with Crippen LogP contribution in [0.25, 0.3) is 0 Å². The Hall–Kier alpha value is -3.44. The number of carboxylic acid groups (broad SMARTS) is 1. The standard InChI is InChI=1S/C27H27NO4/c29-26(25(21-12-6-2-7-13-21)22-14-8-3-9-15-22)28-17-16-23(18-24(28)27(30)31)32-19-20-10-4-1-5-11-20/h1-15,23-25H,16-19H2,(H,30,31)/t23?,24-/m0/s1. The number of aliphatic carboxylic acids is 1. The Morgan fingerprint density at radius 3 is 1.94 bits per heavy atom. The van der Waals surface area contributed by atoms with Crippen molar-refractivity contribution in [3.63, 3.8) is 0 Å². The van der Waals surface area contributed by atoms with Crippen LogP contribution < -0.4 is 0 Å². The molecule has 5 nitrogen and oxygen atoms in total. The summed E-state index contributed by atoms with van der Waals surface area (Å²) in [6, 6.07) is 28.0. The predicted molar refractivity (Wildman–Crippen MR) is 122 cm³/mol. The highest BCUT2D eigenvalue weighted by Gasteiger charge is 2.39. The van der Waals surface area contributed by atoms with E-state index in [0.29, 0.717) is 19.6 Å². The van der Waals surface area contributed by atoms with Gasteiger partial charge in [0, 0.05) is 13.0 Å². The summed E-state index contributed by atoms with van der Waals surface area (Å²) in [6.07, 6.45) is 0.690. The van der Waals surface area contributed by atoms with Crippen LogP contribution in [0, 0.1) is 0 Å². The second-order valence-corrected chi connectivity index (χ2v) is 8.08. The second kappa shape index (κ2) is 10.2. The number of ether oxygens (including phenoxy) is 1. The van der Waals surface area contributed by atoms with Crippen LogP contribution >= 0.6 is 0 Å². The Morgan fingerprint density at radius 2 is 1.41 bits per heavy atom. The van der Waals surface area contributed by atoms with Gasteiger partial charge < -0.3 is 14.7 Å². The molecule has 0 aliphatic carbocycles. The van der Waals surface area contributed by atoms with Gasteiger partial charge in [0.1, 0.15) is 6.04 Å². The van der Waals surface area contributed by atoms with E-state index in [4.69, 9.17) is 4.74 Å². The number of amides is 1. The molecule has 3 aromatic carbocycles. The van der Waals surface area contributed by atoms with E-state index in [1.54, 1.807) is 0 Å². The fourth-order valence-corrected chi connectivity index (χ4v) is 4.31. The van der Waals surface area contributed by atoms with E-state index in [2.05, 4.69) is 0 Å². The fraction of sp³-hybridized carbons (Fsp3) is 0.259. The normalized spacial score (nSPS) is 18.5. The van der Waals surface area contributed by atoms with Gasteiger partial charge >= 0.3 is 5.97 Å². The van der Waals surface area contributed by atoms with Crippen molar-refractivity contribution in [2.45, 2.75) is 37.5 Å². The lowest BCUT2D eigenvalue weighted by Crippen LogP contribution is -2.53. The number of benzene rings is 3. The highest BCUT2D eigenvalue weighted by molar-refractivity contribution is 5.91. The molecular formula is C27H27NO4. The Morgan fingerprint density at radius 1 is 0.875 bits per heavy atom. The van der Waals surface area contributed by atoms with Crippen LogP contribution in [0.1, 0.15) is 35.4 Å². The summed E-state index contributed by atoms with van der Waals surface area (Å²) in [5, 5.41) is 9.93. The first kappa shape index (κ1) is 21.8. The van der Waals surface area contributed by atoms with E-state index >= 15 is 0 Å². The number of carboxylic acids is 1. The number of piperidine rings is 1. The Bertz CT molecular complexity index is 984. The molecule has 0 saturated carbocycles. The van der Waals surface area contributed by atoms with Crippen LogP contribution in [0.3, 0.4) is 0 Å². The number of likely N-dealkylation sites (tertiary alicyclic amines) is 1. The zero-order valence-corrected chi connectivity index (χ0v) is 17.8. The summed E-state index contributed by atoms with van der Waals surface area (Å²) in [4.78, 5) is 27.4. The van der Waals surface area contributed by atoms with Crippen molar-refractivity contribution in [3.05, 3.63) is 108 Å². The first-order valence-electron chi connectivity index (χ1n) is 10.9. The number of hydrogen-bond acceptors (Lipinski definition) is 3. The van der Waals surface area contributed by atoms with E-state index in [1.807, 2.05) is 91.0 Å². The molecule has 1 aliphatic rings. The van der Waals surface area contributed by atoms with Gasteiger partial charge in [-0.25, -0.2) is 4.79 Å². The van der Waals surface area contributed by atoms with Gasteiger partial charge in [0.15, 0.2) is 0 Å². The maximum absolute atomic E-state index is 13.7. The molecule has 1 amide bonds. The first-order chi connectivity index (χ1) is 15.6. The number of hydrogen-bond donors (Lipinski definition) is 1. The highest BCUT2D eigenvalue weighted by atomic mass is 16.5. The molecule has 2 atom stereocenters. The zero-order valence-electron chi connectivity index (χ0n) is 17.8. The van der Waals surface area contributed by atoms with E-state index < -0.39 is 17.9 Å². The van der Waals surface area contributed by atoms with Crippen LogP contribution in [-0.2, 0) is 20.9 Å². The van der Waals surface area contributed by atoms with Crippen molar-refractivity contribution in [1.82, 2.24) is 4.90 Å². The largest absolute Gasteiger partial charge is 0.480 e. The molecule has 1 fully saturated rings. The number of carbonyl (C=O) groups is 2. The molecule has 0 radical (unpaired) electrons. The minimum atomic E-state index is -0.994. The van der Waals surface area contributed by atoms with Crippen molar-refractivity contribution in [2.24, 2.45) is 0 Å². The van der Waals surface area contributed by atoms with Crippen molar-refractivity contribution in [3.8, 4) is 0 Å². The highest BCUT2D eigenvalue weighted by Crippen LogP contribution is 2.31. The molecule has 1 heterocycles. The minimum absolute atomic E-state index is 0.184. The maximum Gasteiger partial charge on any atom is 0.326 e. The van der Waals surface area contributed by atoms with Gasteiger partial charge in [-0.3, -0.25) is 4.79 Å². The molecule has 5 heteroatoms. The van der Waals surface area contributed by atoms with Crippen LogP contribution in [-0.4, -0.2) is 40.6 Å². The third-order valence-corrected chi connectivity index (χ3v) is 5.96. The number of carbonyl (C=O) groups excluding carboxylic acids is 1. The van der Waals surface area contributed by atoms with Crippen LogP contribution in [0.15, 0.2) is 91.0 Å². The second-order valence-electron chi connectivity index (χ2n) is 8.08. The van der Waals surface area contributed by atoms with E-state index in [-0.39, 0.29) is 18.4 Å². The summed E-state index contributed by atoms with van der Waals surface area (Å²) in [5.41, 5.74) is 2.76. The summed E-state index contributed by atoms with van der Waals surface area (Å²) in [6.45, 7) is 0.786. The fourth-order valence-electron chi connectivity index (χ4n) is 4.31. The average Bonchev–Trinajstić information content (AvgIpc) is 2.84. The molecule has 1 saturated heterocycles. The summed E-state index contributed by atoms with van der Waals surface area (Å²) in [7, 11) is 0. The van der Waals surface area contributed by atoms with Gasteiger partial charge in [-0.15, -0.1) is 0 Å². The third-order valence-electron chi connectivity index (χ3n) is 5.96. The van der Waals surface area contributed by atoms with Crippen molar-refractivity contribution >= 4 is 11.9 Å². The van der Waals surface area contributed by atoms with Crippen molar-refractivity contribution in [2.75, 3.05) is 6.54 Å². The van der Waals surface area contributed by atoms with Gasteiger partial charge in [-0.05, 0) is 23.1 Å². The Balaban J connectivity index is 1.53. The smallest absolute Gasteiger partial charge is 0.326 e. The topological polar surface area (TPSA) is 66.8 Å². The lowest BCUT2D eigenvalue weighted by atomic mass is 9.88. The third kappa shape index (κ3) is 5.06. The summed E-state index contributed by atoms with van der Waals surface area (Å²) < 4.78 is 6.01. The van der Waals surface area contributed by atoms with E-state index in [0.717, 1.165) is 16.7 Å². The lowest BCUT2D eigenvalue weighted by molar-refractivity contribution is -0.156. The molecule has 0 spiro atoms. The number of nitrogens with zero attached hydrogens (tertiary/aromatic N) is 1. The minimum Gasteiger partial charge on any atom is -0.480 e. The predicted octanol–water partition coefficient (Wildman–Crippen LogP) is 4.48. The van der Waals surface area contributed by atoms with Gasteiger partial charge in [0.05, 0.1) is 18.6 Å². The molecule has 1 aliphatic heterocycles. The zero-order chi connectivity index (χ0) is 22.3. The van der Waals surface area contributed by atoms with Crippen molar-refractivity contribution in [1.29, 1.82) is 0 Å².